The Morgan fingerprint density at radius 2 is 2.05 bits per heavy atom. The van der Waals surface area contributed by atoms with E-state index in [9.17, 15) is 13.6 Å². The van der Waals surface area contributed by atoms with E-state index in [1.54, 1.807) is 0 Å². The molecule has 1 heterocycles. The number of carbonyl (C=O) groups excluding carboxylic acids is 1. The molecule has 1 aliphatic rings. The van der Waals surface area contributed by atoms with Gasteiger partial charge in [-0.2, -0.15) is 0 Å². The van der Waals surface area contributed by atoms with E-state index in [4.69, 9.17) is 0 Å². The molecule has 5 heteroatoms. The lowest BCUT2D eigenvalue weighted by Crippen LogP contribution is -2.54. The lowest BCUT2D eigenvalue weighted by Gasteiger charge is -2.39. The summed E-state index contributed by atoms with van der Waals surface area (Å²) in [6.07, 6.45) is 0.553. The van der Waals surface area contributed by atoms with E-state index in [1.807, 2.05) is 0 Å². The summed E-state index contributed by atoms with van der Waals surface area (Å²) in [5.41, 5.74) is -0.237. The molecule has 20 heavy (non-hydrogen) atoms. The molecule has 1 fully saturated rings. The number of amides is 1. The fourth-order valence-corrected chi connectivity index (χ4v) is 2.55. The van der Waals surface area contributed by atoms with Crippen LogP contribution in [0.3, 0.4) is 0 Å². The van der Waals surface area contributed by atoms with Gasteiger partial charge in [-0.15, -0.1) is 0 Å². The van der Waals surface area contributed by atoms with E-state index in [2.05, 4.69) is 24.5 Å². The molecule has 2 rings (SSSR count). The molecule has 1 aromatic carbocycles. The van der Waals surface area contributed by atoms with E-state index in [0.29, 0.717) is 0 Å². The molecule has 1 atom stereocenters. The fraction of sp³-hybridized carbons (Fsp3) is 0.533. The standard InChI is InChI=1S/C15H20F2N2O/c1-15(2)9-18-7-6-13(15)19-14(20)8-10-11(16)4-3-5-12(10)17/h3-5,13,18H,6-9H2,1-2H3,(H,19,20). The van der Waals surface area contributed by atoms with Crippen LogP contribution in [0, 0.1) is 17.0 Å². The van der Waals surface area contributed by atoms with E-state index in [-0.39, 0.29) is 29.3 Å². The van der Waals surface area contributed by atoms with Crippen molar-refractivity contribution in [2.75, 3.05) is 13.1 Å². The van der Waals surface area contributed by atoms with Gasteiger partial charge in [0.1, 0.15) is 11.6 Å². The van der Waals surface area contributed by atoms with Crippen molar-refractivity contribution < 1.29 is 13.6 Å². The lowest BCUT2D eigenvalue weighted by molar-refractivity contribution is -0.122. The van der Waals surface area contributed by atoms with Gasteiger partial charge in [0.15, 0.2) is 0 Å². The molecule has 0 aromatic heterocycles. The van der Waals surface area contributed by atoms with Crippen molar-refractivity contribution in [1.82, 2.24) is 10.6 Å². The number of benzene rings is 1. The Morgan fingerprint density at radius 3 is 2.65 bits per heavy atom. The monoisotopic (exact) mass is 282 g/mol. The molecule has 3 nitrogen and oxygen atoms in total. The molecule has 0 bridgehead atoms. The van der Waals surface area contributed by atoms with Crippen LogP contribution in [0.5, 0.6) is 0 Å². The maximum Gasteiger partial charge on any atom is 0.224 e. The molecule has 110 valence electrons. The van der Waals surface area contributed by atoms with E-state index in [0.717, 1.165) is 19.5 Å². The highest BCUT2D eigenvalue weighted by molar-refractivity contribution is 5.79. The van der Waals surface area contributed by atoms with Crippen molar-refractivity contribution in [3.05, 3.63) is 35.4 Å². The minimum atomic E-state index is -0.676. The molecule has 0 saturated carbocycles. The zero-order valence-electron chi connectivity index (χ0n) is 11.8. The molecule has 1 amide bonds. The minimum absolute atomic E-state index is 0.0195. The number of hydrogen-bond donors (Lipinski definition) is 2. The first-order chi connectivity index (χ1) is 9.40. The third kappa shape index (κ3) is 3.33. The first kappa shape index (κ1) is 14.9. The van der Waals surface area contributed by atoms with Gasteiger partial charge in [-0.1, -0.05) is 19.9 Å². The van der Waals surface area contributed by atoms with E-state index >= 15 is 0 Å². The number of carbonyl (C=O) groups is 1. The summed E-state index contributed by atoms with van der Waals surface area (Å²) < 4.78 is 27.0. The third-order valence-corrected chi connectivity index (χ3v) is 3.87. The van der Waals surface area contributed by atoms with E-state index < -0.39 is 11.6 Å². The summed E-state index contributed by atoms with van der Waals surface area (Å²) >= 11 is 0. The van der Waals surface area contributed by atoms with Crippen molar-refractivity contribution in [3.8, 4) is 0 Å². The highest BCUT2D eigenvalue weighted by atomic mass is 19.1. The lowest BCUT2D eigenvalue weighted by atomic mass is 9.80. The van der Waals surface area contributed by atoms with Crippen LogP contribution in [0.25, 0.3) is 0 Å². The van der Waals surface area contributed by atoms with Crippen LogP contribution in [-0.2, 0) is 11.2 Å². The summed E-state index contributed by atoms with van der Waals surface area (Å²) in [6.45, 7) is 5.77. The van der Waals surface area contributed by atoms with Crippen molar-refractivity contribution in [1.29, 1.82) is 0 Å². The molecule has 1 saturated heterocycles. The topological polar surface area (TPSA) is 41.1 Å². The molecular formula is C15H20F2N2O. The summed E-state index contributed by atoms with van der Waals surface area (Å²) in [4.78, 5) is 12.0. The Balaban J connectivity index is 2.02. The van der Waals surface area contributed by atoms with Gasteiger partial charge in [-0.05, 0) is 30.5 Å². The van der Waals surface area contributed by atoms with Crippen LogP contribution in [0.4, 0.5) is 8.78 Å². The number of piperidine rings is 1. The SMILES string of the molecule is CC1(C)CNCCC1NC(=O)Cc1c(F)cccc1F. The highest BCUT2D eigenvalue weighted by Crippen LogP contribution is 2.25. The second-order valence-corrected chi connectivity index (χ2v) is 5.95. The van der Waals surface area contributed by atoms with Crippen molar-refractivity contribution in [2.24, 2.45) is 5.41 Å². The predicted molar refractivity (Wildman–Crippen MR) is 73.3 cm³/mol. The van der Waals surface area contributed by atoms with Crippen molar-refractivity contribution in [3.63, 3.8) is 0 Å². The first-order valence-electron chi connectivity index (χ1n) is 6.83. The maximum absolute atomic E-state index is 13.5. The average molecular weight is 282 g/mol. The van der Waals surface area contributed by atoms with Crippen LogP contribution in [0.2, 0.25) is 0 Å². The molecule has 1 unspecified atom stereocenters. The number of halogens is 2. The molecule has 1 aliphatic heterocycles. The Bertz CT molecular complexity index is 482. The third-order valence-electron chi connectivity index (χ3n) is 3.87. The van der Waals surface area contributed by atoms with Crippen LogP contribution in [-0.4, -0.2) is 25.0 Å². The molecule has 0 spiro atoms. The van der Waals surface area contributed by atoms with Gasteiger partial charge in [0.25, 0.3) is 0 Å². The maximum atomic E-state index is 13.5. The molecular weight excluding hydrogens is 262 g/mol. The Labute approximate surface area is 117 Å². The van der Waals surface area contributed by atoms with Gasteiger partial charge in [-0.3, -0.25) is 4.79 Å². The normalized spacial score (nSPS) is 21.5. The van der Waals surface area contributed by atoms with Gasteiger partial charge < -0.3 is 10.6 Å². The molecule has 0 radical (unpaired) electrons. The van der Waals surface area contributed by atoms with Gasteiger partial charge in [0.2, 0.25) is 5.91 Å². The second kappa shape index (κ2) is 5.87. The average Bonchev–Trinajstić information content (AvgIpc) is 2.36. The minimum Gasteiger partial charge on any atom is -0.352 e. The summed E-state index contributed by atoms with van der Waals surface area (Å²) in [6, 6.07) is 3.65. The second-order valence-electron chi connectivity index (χ2n) is 5.95. The largest absolute Gasteiger partial charge is 0.352 e. The van der Waals surface area contributed by atoms with Crippen LogP contribution in [0.1, 0.15) is 25.8 Å². The number of hydrogen-bond acceptors (Lipinski definition) is 2. The Hall–Kier alpha value is -1.49. The molecule has 1 aromatic rings. The fourth-order valence-electron chi connectivity index (χ4n) is 2.55. The zero-order valence-corrected chi connectivity index (χ0v) is 11.8. The first-order valence-corrected chi connectivity index (χ1v) is 6.83. The predicted octanol–water partition coefficient (Wildman–Crippen LogP) is 2.01. The van der Waals surface area contributed by atoms with Gasteiger partial charge >= 0.3 is 0 Å². The van der Waals surface area contributed by atoms with Crippen LogP contribution >= 0.6 is 0 Å². The van der Waals surface area contributed by atoms with Crippen LogP contribution < -0.4 is 10.6 Å². The zero-order chi connectivity index (χ0) is 14.8. The van der Waals surface area contributed by atoms with Gasteiger partial charge in [-0.25, -0.2) is 8.78 Å². The summed E-state index contributed by atoms with van der Waals surface area (Å²) in [5.74, 6) is -1.69. The van der Waals surface area contributed by atoms with Crippen molar-refractivity contribution >= 4 is 5.91 Å². The summed E-state index contributed by atoms with van der Waals surface area (Å²) in [5, 5.41) is 6.17. The Kier molecular flexibility index (Phi) is 4.38. The highest BCUT2D eigenvalue weighted by Gasteiger charge is 2.33. The van der Waals surface area contributed by atoms with Crippen molar-refractivity contribution in [2.45, 2.75) is 32.7 Å². The molecule has 0 aliphatic carbocycles. The van der Waals surface area contributed by atoms with Crippen LogP contribution in [0.15, 0.2) is 18.2 Å². The number of rotatable bonds is 3. The Morgan fingerprint density at radius 1 is 1.40 bits per heavy atom. The smallest absolute Gasteiger partial charge is 0.224 e. The quantitative estimate of drug-likeness (QED) is 0.890. The van der Waals surface area contributed by atoms with Gasteiger partial charge in [0.05, 0.1) is 6.42 Å². The van der Waals surface area contributed by atoms with Gasteiger partial charge in [0, 0.05) is 18.2 Å². The molecule has 2 N–H and O–H groups in total. The number of nitrogens with one attached hydrogen (secondary N) is 2. The van der Waals surface area contributed by atoms with E-state index in [1.165, 1.54) is 18.2 Å². The summed E-state index contributed by atoms with van der Waals surface area (Å²) in [7, 11) is 0.